The molecule has 2 aromatic heterocycles. The van der Waals surface area contributed by atoms with Crippen LogP contribution in [0.1, 0.15) is 0 Å². The van der Waals surface area contributed by atoms with Crippen LogP contribution in [0.15, 0.2) is 243 Å². The van der Waals surface area contributed by atoms with Crippen molar-refractivity contribution in [1.29, 1.82) is 0 Å². The molecule has 0 unspecified atom stereocenters. The Morgan fingerprint density at radius 3 is 0.721 bits per heavy atom. The second-order valence-electron chi connectivity index (χ2n) is 14.0. The van der Waals surface area contributed by atoms with E-state index in [0.29, 0.717) is 0 Å². The SMILES string of the molecule is Cl.Cl.[Zr+2].c1ccc(-c2p[c-](-c3ccccc3)c(-c3ccccc3)c2-c2ccccc2)cc1.c1ccc(-c2p[c-](-c3ccccc3)c(-c3ccccc3)c2-c2ccccc2)cc1. The molecule has 0 radical (unpaired) electrons. The van der Waals surface area contributed by atoms with Gasteiger partial charge in [-0.1, -0.05) is 295 Å². The fourth-order valence-electron chi connectivity index (χ4n) is 7.68. The van der Waals surface area contributed by atoms with Gasteiger partial charge in [0, 0.05) is 0 Å². The normalized spacial score (nSPS) is 10.5. The summed E-state index contributed by atoms with van der Waals surface area (Å²) in [6.45, 7) is 0. The number of rotatable bonds is 8. The number of halogens is 2. The van der Waals surface area contributed by atoms with Gasteiger partial charge in [-0.3, -0.25) is 0 Å². The molecular weight excluding hydrogens is 897 g/mol. The summed E-state index contributed by atoms with van der Waals surface area (Å²) in [6.07, 6.45) is 0. The van der Waals surface area contributed by atoms with Gasteiger partial charge in [0.05, 0.1) is 0 Å². The Balaban J connectivity index is 0.000000194. The topological polar surface area (TPSA) is 0 Å². The van der Waals surface area contributed by atoms with Crippen molar-refractivity contribution in [2.24, 2.45) is 0 Å². The van der Waals surface area contributed by atoms with E-state index in [1.165, 1.54) is 104 Å². The Morgan fingerprint density at radius 2 is 0.459 bits per heavy atom. The summed E-state index contributed by atoms with van der Waals surface area (Å²) in [5.41, 5.74) is 15.6. The first-order valence-electron chi connectivity index (χ1n) is 19.7. The molecule has 0 spiro atoms. The van der Waals surface area contributed by atoms with Crippen molar-refractivity contribution in [3.63, 3.8) is 0 Å². The standard InChI is InChI=1S/2C28H20P.2ClH.Zr/c2*1-5-13-21(14-6-1)25-26(22-15-7-2-8-16-22)28(24-19-11-4-12-20-24)29-27(25)23-17-9-3-10-18-23;;;/h2*1-20H;2*1H;/q2*-1;;;+2. The molecule has 61 heavy (non-hydrogen) atoms. The maximum atomic E-state index is 2.23. The van der Waals surface area contributed by atoms with Crippen molar-refractivity contribution in [3.05, 3.63) is 243 Å². The zero-order valence-electron chi connectivity index (χ0n) is 33.3. The molecule has 0 aliphatic heterocycles. The van der Waals surface area contributed by atoms with E-state index in [4.69, 9.17) is 0 Å². The van der Waals surface area contributed by atoms with Crippen molar-refractivity contribution < 1.29 is 26.2 Å². The predicted octanol–water partition coefficient (Wildman–Crippen LogP) is 18.1. The summed E-state index contributed by atoms with van der Waals surface area (Å²) in [7, 11) is 2.50. The fourth-order valence-corrected chi connectivity index (χ4v) is 10.7. The minimum absolute atomic E-state index is 0. The molecule has 2 heterocycles. The number of hydrogen-bond acceptors (Lipinski definition) is 0. The Hall–Kier alpha value is -5.22. The molecule has 10 aromatic rings. The van der Waals surface area contributed by atoms with E-state index in [-0.39, 0.29) is 51.0 Å². The molecule has 0 atom stereocenters. The van der Waals surface area contributed by atoms with E-state index in [0.717, 1.165) is 0 Å². The van der Waals surface area contributed by atoms with Crippen LogP contribution in [-0.2, 0) is 26.2 Å². The van der Waals surface area contributed by atoms with E-state index < -0.39 is 0 Å². The molecule has 0 bridgehead atoms. The van der Waals surface area contributed by atoms with Gasteiger partial charge in [0.15, 0.2) is 0 Å². The summed E-state index contributed by atoms with van der Waals surface area (Å²) < 4.78 is 0. The van der Waals surface area contributed by atoms with Crippen LogP contribution in [0.3, 0.4) is 0 Å². The third kappa shape index (κ3) is 10.1. The van der Waals surface area contributed by atoms with E-state index in [9.17, 15) is 0 Å². The van der Waals surface area contributed by atoms with Crippen LogP contribution >= 0.6 is 41.2 Å². The molecule has 0 fully saturated rings. The van der Waals surface area contributed by atoms with Gasteiger partial charge in [-0.2, -0.15) is 0 Å². The molecule has 0 amide bonds. The minimum atomic E-state index is 0. The molecule has 0 nitrogen and oxygen atoms in total. The van der Waals surface area contributed by atoms with Gasteiger partial charge in [0.1, 0.15) is 0 Å². The van der Waals surface area contributed by atoms with Crippen LogP contribution in [0.2, 0.25) is 0 Å². The predicted molar refractivity (Wildman–Crippen MR) is 267 cm³/mol. The van der Waals surface area contributed by atoms with Gasteiger partial charge < -0.3 is 0 Å². The monoisotopic (exact) mass is 936 g/mol. The summed E-state index contributed by atoms with van der Waals surface area (Å²) in [6, 6.07) is 86.4. The third-order valence-corrected chi connectivity index (χ3v) is 13.2. The van der Waals surface area contributed by atoms with Crippen molar-refractivity contribution in [2.75, 3.05) is 0 Å². The molecule has 5 heteroatoms. The molecule has 0 saturated heterocycles. The Morgan fingerprint density at radius 1 is 0.246 bits per heavy atom. The summed E-state index contributed by atoms with van der Waals surface area (Å²) in [5.74, 6) is 0. The molecular formula is C56H42Cl2P2Zr. The molecule has 0 N–H and O–H groups in total. The average molecular weight is 939 g/mol. The van der Waals surface area contributed by atoms with Crippen molar-refractivity contribution in [2.45, 2.75) is 0 Å². The summed E-state index contributed by atoms with van der Waals surface area (Å²) >= 11 is 0. The van der Waals surface area contributed by atoms with Crippen LogP contribution in [0.5, 0.6) is 0 Å². The molecule has 8 aromatic carbocycles. The number of hydrogen-bond donors (Lipinski definition) is 0. The Bertz CT molecular complexity index is 2440. The van der Waals surface area contributed by atoms with Gasteiger partial charge >= 0.3 is 26.2 Å². The van der Waals surface area contributed by atoms with Gasteiger partial charge in [0.2, 0.25) is 0 Å². The zero-order valence-corrected chi connectivity index (χ0v) is 39.2. The zero-order chi connectivity index (χ0) is 38.9. The van der Waals surface area contributed by atoms with Crippen molar-refractivity contribution in [1.82, 2.24) is 0 Å². The van der Waals surface area contributed by atoms with Crippen LogP contribution in [-0.4, -0.2) is 0 Å². The van der Waals surface area contributed by atoms with Crippen LogP contribution in [0.4, 0.5) is 0 Å². The first-order valence-corrected chi connectivity index (χ1v) is 21.5. The maximum absolute atomic E-state index is 2.23. The van der Waals surface area contributed by atoms with Gasteiger partial charge in [-0.15, -0.1) is 65.5 Å². The average Bonchev–Trinajstić information content (AvgIpc) is 3.93. The molecule has 294 valence electrons. The van der Waals surface area contributed by atoms with E-state index >= 15 is 0 Å². The molecule has 0 saturated carbocycles. The summed E-state index contributed by atoms with van der Waals surface area (Å²) in [5, 5.41) is 5.48. The van der Waals surface area contributed by atoms with Gasteiger partial charge in [-0.05, 0) is 11.1 Å². The van der Waals surface area contributed by atoms with Crippen LogP contribution in [0, 0.1) is 0 Å². The van der Waals surface area contributed by atoms with E-state index in [1.807, 2.05) is 0 Å². The first kappa shape index (κ1) is 45.3. The van der Waals surface area contributed by atoms with E-state index in [2.05, 4.69) is 243 Å². The second-order valence-corrected chi connectivity index (χ2v) is 16.3. The Labute approximate surface area is 394 Å². The molecule has 0 aliphatic rings. The minimum Gasteiger partial charge on any atom is -0.147 e. The van der Waals surface area contributed by atoms with Crippen molar-refractivity contribution >= 4 is 41.2 Å². The second kappa shape index (κ2) is 22.0. The van der Waals surface area contributed by atoms with Gasteiger partial charge in [0.25, 0.3) is 0 Å². The van der Waals surface area contributed by atoms with Crippen molar-refractivity contribution in [3.8, 4) is 87.9 Å². The summed E-state index contributed by atoms with van der Waals surface area (Å²) in [4.78, 5) is 0. The number of benzene rings is 8. The maximum Gasteiger partial charge on any atom is 2.00 e. The molecule has 0 aliphatic carbocycles. The van der Waals surface area contributed by atoms with Crippen LogP contribution < -0.4 is 0 Å². The smallest absolute Gasteiger partial charge is 0.147 e. The fraction of sp³-hybridized carbons (Fsp3) is 0. The molecule has 10 rings (SSSR count). The van der Waals surface area contributed by atoms with E-state index in [1.54, 1.807) is 0 Å². The van der Waals surface area contributed by atoms with Crippen LogP contribution in [0.25, 0.3) is 87.9 Å². The Kier molecular flexibility index (Phi) is 16.4. The van der Waals surface area contributed by atoms with Gasteiger partial charge in [-0.25, -0.2) is 0 Å². The largest absolute Gasteiger partial charge is 2.00 e. The third-order valence-electron chi connectivity index (χ3n) is 10.3. The quantitative estimate of drug-likeness (QED) is 0.133. The first-order chi connectivity index (χ1) is 28.8.